The molecule has 1 aromatic carbocycles. The van der Waals surface area contributed by atoms with Crippen LogP contribution in [0.15, 0.2) is 23.1 Å². The molecule has 0 aromatic heterocycles. The molecule has 0 aliphatic carbocycles. The van der Waals surface area contributed by atoms with Gasteiger partial charge in [-0.3, -0.25) is 4.90 Å². The molecule has 3 aliphatic rings. The minimum atomic E-state index is -3.50. The van der Waals surface area contributed by atoms with Crippen LogP contribution in [0, 0.1) is 0 Å². The van der Waals surface area contributed by atoms with E-state index in [0.717, 1.165) is 39.0 Å². The van der Waals surface area contributed by atoms with Crippen molar-refractivity contribution in [2.75, 3.05) is 52.5 Å². The Morgan fingerprint density at radius 1 is 1.04 bits per heavy atom. The summed E-state index contributed by atoms with van der Waals surface area (Å²) in [6, 6.07) is 5.25. The first kappa shape index (κ1) is 17.1. The smallest absolute Gasteiger partial charge is 0.243 e. The van der Waals surface area contributed by atoms with Gasteiger partial charge in [0.05, 0.1) is 18.1 Å². The van der Waals surface area contributed by atoms with Crippen LogP contribution in [0.5, 0.6) is 11.5 Å². The zero-order chi connectivity index (χ0) is 17.3. The van der Waals surface area contributed by atoms with Crippen molar-refractivity contribution in [3.63, 3.8) is 0 Å². The average molecular weight is 367 g/mol. The standard InChI is InChI=1S/C17H25N3O4S/c21-25(22,15-2-3-16-17(12-15)24-11-1-10-23-16)20-7-4-14(13-20)19-8-5-18-6-9-19/h2-3,12,14,18H,1,4-11,13H2. The van der Waals surface area contributed by atoms with Gasteiger partial charge in [0.2, 0.25) is 10.0 Å². The largest absolute Gasteiger partial charge is 0.490 e. The summed E-state index contributed by atoms with van der Waals surface area (Å²) in [6.45, 7) is 6.22. The Balaban J connectivity index is 1.51. The molecule has 1 N–H and O–H groups in total. The molecule has 4 rings (SSSR count). The summed E-state index contributed by atoms with van der Waals surface area (Å²) in [5, 5.41) is 3.34. The van der Waals surface area contributed by atoms with Crippen molar-refractivity contribution in [1.82, 2.24) is 14.5 Å². The normalized spacial score (nSPS) is 25.7. The van der Waals surface area contributed by atoms with E-state index < -0.39 is 10.0 Å². The van der Waals surface area contributed by atoms with Crippen LogP contribution < -0.4 is 14.8 Å². The minimum Gasteiger partial charge on any atom is -0.490 e. The summed E-state index contributed by atoms with van der Waals surface area (Å²) >= 11 is 0. The maximum atomic E-state index is 13.0. The minimum absolute atomic E-state index is 0.290. The first-order valence-corrected chi connectivity index (χ1v) is 10.4. The van der Waals surface area contributed by atoms with Gasteiger partial charge in [0.15, 0.2) is 11.5 Å². The molecule has 0 radical (unpaired) electrons. The highest BCUT2D eigenvalue weighted by Gasteiger charge is 2.36. The van der Waals surface area contributed by atoms with Crippen LogP contribution in [-0.4, -0.2) is 76.1 Å². The Morgan fingerprint density at radius 3 is 2.60 bits per heavy atom. The van der Waals surface area contributed by atoms with E-state index in [1.54, 1.807) is 22.5 Å². The number of benzene rings is 1. The topological polar surface area (TPSA) is 71.1 Å². The summed E-state index contributed by atoms with van der Waals surface area (Å²) in [5.41, 5.74) is 0. The van der Waals surface area contributed by atoms with Gasteiger partial charge in [-0.1, -0.05) is 0 Å². The molecule has 2 fully saturated rings. The lowest BCUT2D eigenvalue weighted by Crippen LogP contribution is -2.49. The van der Waals surface area contributed by atoms with E-state index in [9.17, 15) is 8.42 Å². The number of sulfonamides is 1. The SMILES string of the molecule is O=S(=O)(c1ccc2c(c1)OCCCO2)N1CCC(N2CCNCC2)C1. The third kappa shape index (κ3) is 3.48. The van der Waals surface area contributed by atoms with Crippen molar-refractivity contribution < 1.29 is 17.9 Å². The third-order valence-corrected chi connectivity index (χ3v) is 7.01. The van der Waals surface area contributed by atoms with Gasteiger partial charge in [0.1, 0.15) is 0 Å². The van der Waals surface area contributed by atoms with Crippen molar-refractivity contribution in [3.8, 4) is 11.5 Å². The molecule has 25 heavy (non-hydrogen) atoms. The van der Waals surface area contributed by atoms with Crippen LogP contribution in [0.3, 0.4) is 0 Å². The predicted octanol–water partition coefficient (Wildman–Crippen LogP) is 0.516. The lowest BCUT2D eigenvalue weighted by molar-refractivity contribution is 0.179. The molecule has 0 saturated carbocycles. The molecule has 1 unspecified atom stereocenters. The van der Waals surface area contributed by atoms with Crippen LogP contribution in [0.1, 0.15) is 12.8 Å². The summed E-state index contributed by atoms with van der Waals surface area (Å²) < 4.78 is 38.9. The lowest BCUT2D eigenvalue weighted by atomic mass is 10.2. The number of hydrogen-bond donors (Lipinski definition) is 1. The fourth-order valence-corrected chi connectivity index (χ4v) is 5.24. The molecule has 0 bridgehead atoms. The number of nitrogens with one attached hydrogen (secondary N) is 1. The quantitative estimate of drug-likeness (QED) is 0.840. The summed E-state index contributed by atoms with van der Waals surface area (Å²) in [7, 11) is -3.50. The second-order valence-corrected chi connectivity index (χ2v) is 8.69. The first-order chi connectivity index (χ1) is 12.1. The van der Waals surface area contributed by atoms with Crippen LogP contribution in [0.25, 0.3) is 0 Å². The number of fused-ring (bicyclic) bond motifs is 1. The van der Waals surface area contributed by atoms with E-state index in [-0.39, 0.29) is 4.90 Å². The van der Waals surface area contributed by atoms with Gasteiger partial charge in [-0.25, -0.2) is 8.42 Å². The summed E-state index contributed by atoms with van der Waals surface area (Å²) in [4.78, 5) is 2.69. The Bertz CT molecular complexity index is 719. The molecule has 138 valence electrons. The predicted molar refractivity (Wildman–Crippen MR) is 93.7 cm³/mol. The van der Waals surface area contributed by atoms with E-state index in [4.69, 9.17) is 9.47 Å². The van der Waals surface area contributed by atoms with Crippen molar-refractivity contribution in [1.29, 1.82) is 0 Å². The third-order valence-electron chi connectivity index (χ3n) is 5.15. The highest BCUT2D eigenvalue weighted by molar-refractivity contribution is 7.89. The molecule has 7 nitrogen and oxygen atoms in total. The van der Waals surface area contributed by atoms with Gasteiger partial charge < -0.3 is 14.8 Å². The lowest BCUT2D eigenvalue weighted by Gasteiger charge is -2.32. The van der Waals surface area contributed by atoms with Gasteiger partial charge in [-0.05, 0) is 18.6 Å². The van der Waals surface area contributed by atoms with Gasteiger partial charge in [0, 0.05) is 57.8 Å². The monoisotopic (exact) mass is 367 g/mol. The molecule has 1 atom stereocenters. The van der Waals surface area contributed by atoms with Crippen molar-refractivity contribution in [2.24, 2.45) is 0 Å². The van der Waals surface area contributed by atoms with Crippen LogP contribution in [0.4, 0.5) is 0 Å². The zero-order valence-corrected chi connectivity index (χ0v) is 15.1. The Hall–Kier alpha value is -1.35. The van der Waals surface area contributed by atoms with Crippen LogP contribution >= 0.6 is 0 Å². The maximum Gasteiger partial charge on any atom is 0.243 e. The number of ether oxygens (including phenoxy) is 2. The van der Waals surface area contributed by atoms with E-state index in [1.807, 2.05) is 0 Å². The van der Waals surface area contributed by atoms with E-state index in [2.05, 4.69) is 10.2 Å². The van der Waals surface area contributed by atoms with Gasteiger partial charge in [-0.2, -0.15) is 4.31 Å². The molecular weight excluding hydrogens is 342 g/mol. The first-order valence-electron chi connectivity index (χ1n) is 8.99. The Labute approximate surface area is 148 Å². The van der Waals surface area contributed by atoms with E-state index in [0.29, 0.717) is 43.8 Å². The highest BCUT2D eigenvalue weighted by atomic mass is 32.2. The highest BCUT2D eigenvalue weighted by Crippen LogP contribution is 2.33. The zero-order valence-electron chi connectivity index (χ0n) is 14.3. The molecule has 8 heteroatoms. The number of rotatable bonds is 3. The van der Waals surface area contributed by atoms with Gasteiger partial charge >= 0.3 is 0 Å². The summed E-state index contributed by atoms with van der Waals surface area (Å²) in [6.07, 6.45) is 1.69. The fraction of sp³-hybridized carbons (Fsp3) is 0.647. The average Bonchev–Trinajstić information content (AvgIpc) is 3.03. The molecule has 1 aromatic rings. The molecule has 3 aliphatic heterocycles. The molecular formula is C17H25N3O4S. The van der Waals surface area contributed by atoms with Crippen molar-refractivity contribution >= 4 is 10.0 Å². The Kier molecular flexibility index (Phi) is 4.86. The molecule has 3 heterocycles. The van der Waals surface area contributed by atoms with E-state index in [1.165, 1.54) is 0 Å². The molecule has 2 saturated heterocycles. The Morgan fingerprint density at radius 2 is 1.80 bits per heavy atom. The molecule has 0 amide bonds. The molecule has 0 spiro atoms. The van der Waals surface area contributed by atoms with Gasteiger partial charge in [0.25, 0.3) is 0 Å². The maximum absolute atomic E-state index is 13.0. The van der Waals surface area contributed by atoms with Crippen molar-refractivity contribution in [2.45, 2.75) is 23.8 Å². The van der Waals surface area contributed by atoms with Crippen molar-refractivity contribution in [3.05, 3.63) is 18.2 Å². The number of hydrogen-bond acceptors (Lipinski definition) is 6. The summed E-state index contributed by atoms with van der Waals surface area (Å²) in [5.74, 6) is 1.15. The second-order valence-electron chi connectivity index (χ2n) is 6.75. The number of nitrogens with zero attached hydrogens (tertiary/aromatic N) is 2. The number of piperazine rings is 1. The van der Waals surface area contributed by atoms with Crippen LogP contribution in [0.2, 0.25) is 0 Å². The fourth-order valence-electron chi connectivity index (χ4n) is 3.73. The van der Waals surface area contributed by atoms with Gasteiger partial charge in [-0.15, -0.1) is 0 Å². The van der Waals surface area contributed by atoms with Crippen LogP contribution in [-0.2, 0) is 10.0 Å². The van der Waals surface area contributed by atoms with E-state index >= 15 is 0 Å². The second kappa shape index (κ2) is 7.11.